The first-order chi connectivity index (χ1) is 14.3. The molecule has 0 radical (unpaired) electrons. The van der Waals surface area contributed by atoms with Crippen molar-refractivity contribution in [3.63, 3.8) is 0 Å². The van der Waals surface area contributed by atoms with Crippen molar-refractivity contribution in [2.24, 2.45) is 0 Å². The highest BCUT2D eigenvalue weighted by atomic mass is 15.1. The quantitative estimate of drug-likeness (QED) is 0.457. The lowest BCUT2D eigenvalue weighted by Crippen LogP contribution is -2.32. The summed E-state index contributed by atoms with van der Waals surface area (Å²) in [6.07, 6.45) is 6.70. The van der Waals surface area contributed by atoms with Crippen LogP contribution in [0.15, 0.2) is 85.2 Å². The number of hydrogen-bond acceptors (Lipinski definition) is 2. The van der Waals surface area contributed by atoms with Crippen molar-refractivity contribution in [3.8, 4) is 0 Å². The highest BCUT2D eigenvalue weighted by Crippen LogP contribution is 2.30. The molecular weight excluding hydrogens is 354 g/mol. The molecule has 146 valence electrons. The van der Waals surface area contributed by atoms with Crippen molar-refractivity contribution in [3.05, 3.63) is 102 Å². The van der Waals surface area contributed by atoms with Crippen LogP contribution in [-0.4, -0.2) is 27.5 Å². The van der Waals surface area contributed by atoms with Gasteiger partial charge in [0.15, 0.2) is 0 Å². The van der Waals surface area contributed by atoms with Crippen LogP contribution in [0.3, 0.4) is 0 Å². The Morgan fingerprint density at radius 3 is 2.14 bits per heavy atom. The van der Waals surface area contributed by atoms with E-state index in [-0.39, 0.29) is 0 Å². The van der Waals surface area contributed by atoms with Crippen molar-refractivity contribution in [2.45, 2.75) is 31.8 Å². The minimum absolute atomic E-state index is 0.622. The monoisotopic (exact) mass is 381 g/mol. The first-order valence-corrected chi connectivity index (χ1v) is 10.6. The van der Waals surface area contributed by atoms with E-state index in [9.17, 15) is 0 Å². The number of piperidine rings is 1. The molecule has 3 heterocycles. The zero-order valence-corrected chi connectivity index (χ0v) is 16.7. The minimum Gasteiger partial charge on any atom is -0.328 e. The molecule has 4 aromatic rings. The molecular formula is C26H27N3. The van der Waals surface area contributed by atoms with Gasteiger partial charge in [-0.2, -0.15) is 0 Å². The second kappa shape index (κ2) is 8.22. The summed E-state index contributed by atoms with van der Waals surface area (Å²) in [5, 5.41) is 1.25. The van der Waals surface area contributed by atoms with Gasteiger partial charge in [-0.05, 0) is 60.7 Å². The van der Waals surface area contributed by atoms with E-state index in [1.807, 2.05) is 0 Å². The third-order valence-electron chi connectivity index (χ3n) is 6.13. The number of benzene rings is 2. The zero-order chi connectivity index (χ0) is 19.5. The molecule has 0 bridgehead atoms. The smallest absolute Gasteiger partial charge is 0.140 e. The van der Waals surface area contributed by atoms with Crippen LogP contribution in [0.2, 0.25) is 0 Å². The Labute approximate surface area is 172 Å². The highest BCUT2D eigenvalue weighted by Gasteiger charge is 2.21. The predicted octanol–water partition coefficient (Wildman–Crippen LogP) is 5.46. The summed E-state index contributed by atoms with van der Waals surface area (Å²) in [4.78, 5) is 7.43. The fourth-order valence-corrected chi connectivity index (χ4v) is 4.49. The summed E-state index contributed by atoms with van der Waals surface area (Å²) in [6, 6.07) is 26.0. The van der Waals surface area contributed by atoms with Gasteiger partial charge in [-0.1, -0.05) is 60.7 Å². The van der Waals surface area contributed by atoms with E-state index in [1.165, 1.54) is 34.9 Å². The Morgan fingerprint density at radius 2 is 1.45 bits per heavy atom. The van der Waals surface area contributed by atoms with Crippen LogP contribution in [0.25, 0.3) is 11.0 Å². The molecule has 1 saturated heterocycles. The average Bonchev–Trinajstić information content (AvgIpc) is 3.18. The van der Waals surface area contributed by atoms with E-state index in [1.54, 1.807) is 0 Å². The maximum Gasteiger partial charge on any atom is 0.140 e. The standard InChI is InChI=1S/C26H27N3/c1-3-7-21(8-4-1)19-28-14-11-23(12-15-28)25-17-24-13-16-29(26(24)27-18-25)20-22-9-5-2-6-10-22/h1-10,13,16-18,23H,11-12,14-15,19-20H2. The molecule has 0 unspecified atom stereocenters. The van der Waals surface area contributed by atoms with Crippen molar-refractivity contribution in [1.29, 1.82) is 0 Å². The number of rotatable bonds is 5. The lowest BCUT2D eigenvalue weighted by Gasteiger charge is -2.32. The molecule has 3 heteroatoms. The maximum atomic E-state index is 4.85. The third kappa shape index (κ3) is 4.10. The molecule has 2 aromatic carbocycles. The van der Waals surface area contributed by atoms with Crippen molar-refractivity contribution in [1.82, 2.24) is 14.5 Å². The summed E-state index contributed by atoms with van der Waals surface area (Å²) in [7, 11) is 0. The van der Waals surface area contributed by atoms with Crippen molar-refractivity contribution in [2.75, 3.05) is 13.1 Å². The molecule has 1 fully saturated rings. The van der Waals surface area contributed by atoms with E-state index in [0.29, 0.717) is 5.92 Å². The lowest BCUT2D eigenvalue weighted by atomic mass is 9.90. The maximum absolute atomic E-state index is 4.85. The number of hydrogen-bond donors (Lipinski definition) is 0. The topological polar surface area (TPSA) is 21.1 Å². The molecule has 3 nitrogen and oxygen atoms in total. The van der Waals surface area contributed by atoms with Gasteiger partial charge in [0.1, 0.15) is 5.65 Å². The van der Waals surface area contributed by atoms with Crippen LogP contribution in [0.5, 0.6) is 0 Å². The molecule has 0 saturated carbocycles. The summed E-state index contributed by atoms with van der Waals surface area (Å²) < 4.78 is 2.25. The SMILES string of the molecule is c1ccc(CN2CCC(c3cnc4c(ccn4Cc4ccccc4)c3)CC2)cc1. The molecule has 0 amide bonds. The number of fused-ring (bicyclic) bond motifs is 1. The molecule has 0 atom stereocenters. The molecule has 0 N–H and O–H groups in total. The minimum atomic E-state index is 0.622. The van der Waals surface area contributed by atoms with E-state index >= 15 is 0 Å². The lowest BCUT2D eigenvalue weighted by molar-refractivity contribution is 0.204. The summed E-state index contributed by atoms with van der Waals surface area (Å²) in [5.74, 6) is 0.622. The van der Waals surface area contributed by atoms with Crippen LogP contribution in [0.4, 0.5) is 0 Å². The Morgan fingerprint density at radius 1 is 0.793 bits per heavy atom. The Bertz CT molecular complexity index is 1060. The number of likely N-dealkylation sites (tertiary alicyclic amines) is 1. The van der Waals surface area contributed by atoms with Crippen LogP contribution in [-0.2, 0) is 13.1 Å². The summed E-state index contributed by atoms with van der Waals surface area (Å²) >= 11 is 0. The summed E-state index contributed by atoms with van der Waals surface area (Å²) in [6.45, 7) is 4.25. The van der Waals surface area contributed by atoms with Crippen LogP contribution in [0.1, 0.15) is 35.4 Å². The first kappa shape index (κ1) is 18.1. The number of aromatic nitrogens is 2. The van der Waals surface area contributed by atoms with Gasteiger partial charge in [0, 0.05) is 30.9 Å². The highest BCUT2D eigenvalue weighted by molar-refractivity contribution is 5.77. The Kier molecular flexibility index (Phi) is 5.14. The van der Waals surface area contributed by atoms with Gasteiger partial charge < -0.3 is 4.57 Å². The average molecular weight is 382 g/mol. The molecule has 0 aliphatic carbocycles. The van der Waals surface area contributed by atoms with E-state index in [0.717, 1.165) is 31.8 Å². The fourth-order valence-electron chi connectivity index (χ4n) is 4.49. The predicted molar refractivity (Wildman–Crippen MR) is 119 cm³/mol. The van der Waals surface area contributed by atoms with E-state index in [2.05, 4.69) is 94.7 Å². The molecule has 1 aliphatic rings. The Balaban J connectivity index is 1.26. The Hall–Kier alpha value is -2.91. The normalized spacial score (nSPS) is 15.7. The fraction of sp³-hybridized carbons (Fsp3) is 0.269. The summed E-state index contributed by atoms with van der Waals surface area (Å²) in [5.41, 5.74) is 5.20. The van der Waals surface area contributed by atoms with Gasteiger partial charge in [0.05, 0.1) is 0 Å². The molecule has 2 aromatic heterocycles. The second-order valence-corrected chi connectivity index (χ2v) is 8.15. The van der Waals surface area contributed by atoms with E-state index in [4.69, 9.17) is 4.98 Å². The van der Waals surface area contributed by atoms with Gasteiger partial charge >= 0.3 is 0 Å². The van der Waals surface area contributed by atoms with Gasteiger partial charge in [-0.15, -0.1) is 0 Å². The zero-order valence-electron chi connectivity index (χ0n) is 16.7. The second-order valence-electron chi connectivity index (χ2n) is 8.15. The van der Waals surface area contributed by atoms with Gasteiger partial charge in [0.2, 0.25) is 0 Å². The van der Waals surface area contributed by atoms with Gasteiger partial charge in [0.25, 0.3) is 0 Å². The number of nitrogens with zero attached hydrogens (tertiary/aromatic N) is 3. The molecule has 29 heavy (non-hydrogen) atoms. The van der Waals surface area contributed by atoms with Crippen LogP contribution >= 0.6 is 0 Å². The largest absolute Gasteiger partial charge is 0.328 e. The molecule has 5 rings (SSSR count). The van der Waals surface area contributed by atoms with Crippen LogP contribution in [0, 0.1) is 0 Å². The first-order valence-electron chi connectivity index (χ1n) is 10.6. The molecule has 1 aliphatic heterocycles. The van der Waals surface area contributed by atoms with E-state index < -0.39 is 0 Å². The van der Waals surface area contributed by atoms with Crippen molar-refractivity contribution >= 4 is 11.0 Å². The molecule has 0 spiro atoms. The number of pyridine rings is 1. The van der Waals surface area contributed by atoms with Gasteiger partial charge in [-0.25, -0.2) is 4.98 Å². The van der Waals surface area contributed by atoms with Crippen molar-refractivity contribution < 1.29 is 0 Å². The third-order valence-corrected chi connectivity index (χ3v) is 6.13. The van der Waals surface area contributed by atoms with Crippen LogP contribution < -0.4 is 0 Å². The van der Waals surface area contributed by atoms with Gasteiger partial charge in [-0.3, -0.25) is 4.90 Å².